The number of hydrogen-bond donors (Lipinski definition) is 2. The van der Waals surface area contributed by atoms with Crippen LogP contribution < -0.4 is 25.0 Å². The first-order chi connectivity index (χ1) is 12.6. The van der Waals surface area contributed by atoms with Crippen LogP contribution in [0.3, 0.4) is 0 Å². The predicted octanol–water partition coefficient (Wildman–Crippen LogP) is 3.60. The van der Waals surface area contributed by atoms with E-state index in [4.69, 9.17) is 9.47 Å². The molecule has 0 saturated carbocycles. The lowest BCUT2D eigenvalue weighted by atomic mass is 10.2. The Hall–Kier alpha value is -2.89. The molecule has 0 bridgehead atoms. The van der Waals surface area contributed by atoms with Crippen molar-refractivity contribution in [2.45, 2.75) is 13.8 Å². The summed E-state index contributed by atoms with van der Waals surface area (Å²) in [5, 5.41) is 5.97. The Bertz CT molecular complexity index is 713. The number of anilines is 3. The molecule has 0 spiro atoms. The smallest absolute Gasteiger partial charge is 0.243 e. The molecule has 6 heteroatoms. The molecule has 0 heterocycles. The van der Waals surface area contributed by atoms with Crippen molar-refractivity contribution in [3.05, 3.63) is 42.5 Å². The molecule has 0 aliphatic carbocycles. The molecule has 0 aliphatic heterocycles. The number of rotatable bonds is 9. The average molecular weight is 357 g/mol. The zero-order chi connectivity index (χ0) is 18.9. The van der Waals surface area contributed by atoms with E-state index in [-0.39, 0.29) is 12.5 Å². The quantitative estimate of drug-likeness (QED) is 0.718. The molecule has 0 unspecified atom stereocenters. The van der Waals surface area contributed by atoms with E-state index >= 15 is 0 Å². The van der Waals surface area contributed by atoms with Gasteiger partial charge < -0.3 is 25.0 Å². The molecule has 2 rings (SSSR count). The van der Waals surface area contributed by atoms with Crippen molar-refractivity contribution >= 4 is 23.0 Å². The zero-order valence-corrected chi connectivity index (χ0v) is 15.8. The number of amides is 1. The van der Waals surface area contributed by atoms with Gasteiger partial charge in [-0.1, -0.05) is 0 Å². The van der Waals surface area contributed by atoms with Gasteiger partial charge in [-0.3, -0.25) is 4.79 Å². The number of carbonyl (C=O) groups is 1. The summed E-state index contributed by atoms with van der Waals surface area (Å²) in [6.45, 7) is 6.35. The molecular formula is C20H27N3O3. The molecule has 0 fully saturated rings. The predicted molar refractivity (Wildman–Crippen MR) is 107 cm³/mol. The van der Waals surface area contributed by atoms with Crippen molar-refractivity contribution in [2.24, 2.45) is 0 Å². The minimum absolute atomic E-state index is 0.158. The fourth-order valence-corrected chi connectivity index (χ4v) is 2.67. The van der Waals surface area contributed by atoms with E-state index in [0.717, 1.165) is 18.8 Å². The molecule has 140 valence electrons. The standard InChI is InChI=1S/C20H27N3O3/c1-5-23(6-2)16-9-7-15(8-10-16)21-14-20(24)22-18-13-17(25-3)11-12-19(18)26-4/h7-13,21H,5-6,14H2,1-4H3,(H,22,24). The Morgan fingerprint density at radius 1 is 1.00 bits per heavy atom. The van der Waals surface area contributed by atoms with E-state index in [2.05, 4.69) is 41.5 Å². The second kappa shape index (κ2) is 9.56. The van der Waals surface area contributed by atoms with Crippen LogP contribution in [0.15, 0.2) is 42.5 Å². The highest BCUT2D eigenvalue weighted by Crippen LogP contribution is 2.28. The maximum absolute atomic E-state index is 12.2. The van der Waals surface area contributed by atoms with Gasteiger partial charge in [0.1, 0.15) is 11.5 Å². The first-order valence-corrected chi connectivity index (χ1v) is 8.72. The largest absolute Gasteiger partial charge is 0.497 e. The van der Waals surface area contributed by atoms with Crippen LogP contribution >= 0.6 is 0 Å². The highest BCUT2D eigenvalue weighted by Gasteiger charge is 2.09. The molecule has 6 nitrogen and oxygen atoms in total. The van der Waals surface area contributed by atoms with Gasteiger partial charge in [-0.15, -0.1) is 0 Å². The topological polar surface area (TPSA) is 62.8 Å². The number of nitrogens with zero attached hydrogens (tertiary/aromatic N) is 1. The van der Waals surface area contributed by atoms with Gasteiger partial charge in [0, 0.05) is 30.5 Å². The van der Waals surface area contributed by atoms with Gasteiger partial charge in [0.15, 0.2) is 0 Å². The van der Waals surface area contributed by atoms with Crippen molar-refractivity contribution in [3.8, 4) is 11.5 Å². The number of benzene rings is 2. The average Bonchev–Trinajstić information content (AvgIpc) is 2.68. The van der Waals surface area contributed by atoms with Crippen LogP contribution in [-0.2, 0) is 4.79 Å². The van der Waals surface area contributed by atoms with E-state index in [9.17, 15) is 4.79 Å². The second-order valence-electron chi connectivity index (χ2n) is 5.69. The van der Waals surface area contributed by atoms with Crippen molar-refractivity contribution < 1.29 is 14.3 Å². The third-order valence-electron chi connectivity index (χ3n) is 4.13. The lowest BCUT2D eigenvalue weighted by molar-refractivity contribution is -0.114. The molecule has 2 N–H and O–H groups in total. The van der Waals surface area contributed by atoms with Gasteiger partial charge in [-0.25, -0.2) is 0 Å². The van der Waals surface area contributed by atoms with Crippen molar-refractivity contribution in [1.29, 1.82) is 0 Å². The van der Waals surface area contributed by atoms with Gasteiger partial charge in [0.2, 0.25) is 5.91 Å². The summed E-state index contributed by atoms with van der Waals surface area (Å²) < 4.78 is 10.5. The van der Waals surface area contributed by atoms with Gasteiger partial charge in [-0.05, 0) is 50.2 Å². The van der Waals surface area contributed by atoms with Gasteiger partial charge in [-0.2, -0.15) is 0 Å². The summed E-state index contributed by atoms with van der Waals surface area (Å²) >= 11 is 0. The summed E-state index contributed by atoms with van der Waals surface area (Å²) in [5.74, 6) is 1.08. The fourth-order valence-electron chi connectivity index (χ4n) is 2.67. The van der Waals surface area contributed by atoms with E-state index in [0.29, 0.717) is 17.2 Å². The van der Waals surface area contributed by atoms with Gasteiger partial charge in [0.05, 0.1) is 26.5 Å². The Balaban J connectivity index is 1.95. The first-order valence-electron chi connectivity index (χ1n) is 8.72. The van der Waals surface area contributed by atoms with Crippen LogP contribution in [0, 0.1) is 0 Å². The molecule has 26 heavy (non-hydrogen) atoms. The number of ether oxygens (including phenoxy) is 2. The molecule has 1 amide bonds. The highest BCUT2D eigenvalue weighted by atomic mass is 16.5. The van der Waals surface area contributed by atoms with Crippen molar-refractivity contribution in [3.63, 3.8) is 0 Å². The molecule has 2 aromatic carbocycles. The van der Waals surface area contributed by atoms with Gasteiger partial charge >= 0.3 is 0 Å². The molecule has 0 atom stereocenters. The SMILES string of the molecule is CCN(CC)c1ccc(NCC(=O)Nc2cc(OC)ccc2OC)cc1. The number of hydrogen-bond acceptors (Lipinski definition) is 5. The summed E-state index contributed by atoms with van der Waals surface area (Å²) in [5.41, 5.74) is 2.65. The lowest BCUT2D eigenvalue weighted by Crippen LogP contribution is -2.23. The maximum atomic E-state index is 12.2. The normalized spacial score (nSPS) is 10.2. The molecule has 0 radical (unpaired) electrons. The summed E-state index contributed by atoms with van der Waals surface area (Å²) in [4.78, 5) is 14.5. The Morgan fingerprint density at radius 2 is 1.69 bits per heavy atom. The molecule has 0 aromatic heterocycles. The highest BCUT2D eigenvalue weighted by molar-refractivity contribution is 5.95. The van der Waals surface area contributed by atoms with E-state index in [1.807, 2.05) is 12.1 Å². The van der Waals surface area contributed by atoms with Crippen LogP contribution in [0.2, 0.25) is 0 Å². The van der Waals surface area contributed by atoms with E-state index < -0.39 is 0 Å². The van der Waals surface area contributed by atoms with Crippen molar-refractivity contribution in [1.82, 2.24) is 0 Å². The second-order valence-corrected chi connectivity index (χ2v) is 5.69. The van der Waals surface area contributed by atoms with Crippen LogP contribution in [-0.4, -0.2) is 39.8 Å². The van der Waals surface area contributed by atoms with Crippen LogP contribution in [0.5, 0.6) is 11.5 Å². The third-order valence-corrected chi connectivity index (χ3v) is 4.13. The molecule has 2 aromatic rings. The maximum Gasteiger partial charge on any atom is 0.243 e. The van der Waals surface area contributed by atoms with E-state index in [1.165, 1.54) is 5.69 Å². The Morgan fingerprint density at radius 3 is 2.27 bits per heavy atom. The number of carbonyl (C=O) groups excluding carboxylic acids is 1. The number of nitrogens with one attached hydrogen (secondary N) is 2. The third kappa shape index (κ3) is 5.05. The minimum atomic E-state index is -0.163. The fraction of sp³-hybridized carbons (Fsp3) is 0.350. The van der Waals surface area contributed by atoms with Crippen LogP contribution in [0.25, 0.3) is 0 Å². The lowest BCUT2D eigenvalue weighted by Gasteiger charge is -2.21. The summed E-state index contributed by atoms with van der Waals surface area (Å²) in [6, 6.07) is 13.3. The Kier molecular flexibility index (Phi) is 7.14. The molecule has 0 aliphatic rings. The number of methoxy groups -OCH3 is 2. The van der Waals surface area contributed by atoms with Crippen LogP contribution in [0.1, 0.15) is 13.8 Å². The first kappa shape index (κ1) is 19.4. The summed E-state index contributed by atoms with van der Waals surface area (Å²) in [7, 11) is 3.14. The van der Waals surface area contributed by atoms with Crippen LogP contribution in [0.4, 0.5) is 17.1 Å². The van der Waals surface area contributed by atoms with E-state index in [1.54, 1.807) is 32.4 Å². The van der Waals surface area contributed by atoms with Gasteiger partial charge in [0.25, 0.3) is 0 Å². The monoisotopic (exact) mass is 357 g/mol. The Labute approximate surface area is 155 Å². The molecular weight excluding hydrogens is 330 g/mol. The molecule has 0 saturated heterocycles. The zero-order valence-electron chi connectivity index (χ0n) is 15.8. The summed E-state index contributed by atoms with van der Waals surface area (Å²) in [6.07, 6.45) is 0. The van der Waals surface area contributed by atoms with Crippen molar-refractivity contribution in [2.75, 3.05) is 49.4 Å². The minimum Gasteiger partial charge on any atom is -0.497 e.